The standard InChI is InChI=1S/C18H26FNO3/c1-5-8-22-16-7-6-13(19)10-15(16)14-9-12(14)11-20-17(21)23-18(2,3)4/h6-7,10,12,14H,5,8-9,11H2,1-4H3,(H,20,21). The first-order valence-corrected chi connectivity index (χ1v) is 8.19. The fourth-order valence-corrected chi connectivity index (χ4v) is 2.54. The summed E-state index contributed by atoms with van der Waals surface area (Å²) >= 11 is 0. The number of carbonyl (C=O) groups excluding carboxylic acids is 1. The fourth-order valence-electron chi connectivity index (χ4n) is 2.54. The van der Waals surface area contributed by atoms with Crippen molar-refractivity contribution in [3.8, 4) is 5.75 Å². The maximum Gasteiger partial charge on any atom is 0.407 e. The first-order chi connectivity index (χ1) is 10.8. The molecule has 23 heavy (non-hydrogen) atoms. The van der Waals surface area contributed by atoms with Crippen LogP contribution in [0.2, 0.25) is 0 Å². The normalized spacial score (nSPS) is 20.0. The minimum absolute atomic E-state index is 0.229. The molecule has 5 heteroatoms. The Morgan fingerprint density at radius 2 is 2.13 bits per heavy atom. The topological polar surface area (TPSA) is 47.6 Å². The third kappa shape index (κ3) is 5.41. The molecule has 0 bridgehead atoms. The van der Waals surface area contributed by atoms with Gasteiger partial charge in [-0.15, -0.1) is 0 Å². The third-order valence-electron chi connectivity index (χ3n) is 3.66. The fraction of sp³-hybridized carbons (Fsp3) is 0.611. The molecule has 0 radical (unpaired) electrons. The van der Waals surface area contributed by atoms with E-state index in [2.05, 4.69) is 5.32 Å². The quantitative estimate of drug-likeness (QED) is 0.851. The molecule has 1 fully saturated rings. The van der Waals surface area contributed by atoms with E-state index in [1.165, 1.54) is 6.07 Å². The zero-order valence-corrected chi connectivity index (χ0v) is 14.3. The van der Waals surface area contributed by atoms with Crippen LogP contribution >= 0.6 is 0 Å². The van der Waals surface area contributed by atoms with Gasteiger partial charge in [-0.25, -0.2) is 9.18 Å². The van der Waals surface area contributed by atoms with Crippen molar-refractivity contribution >= 4 is 6.09 Å². The third-order valence-corrected chi connectivity index (χ3v) is 3.66. The molecule has 2 unspecified atom stereocenters. The SMILES string of the molecule is CCCOc1ccc(F)cc1C1CC1CNC(=O)OC(C)(C)C. The van der Waals surface area contributed by atoms with E-state index in [0.29, 0.717) is 19.1 Å². The van der Waals surface area contributed by atoms with E-state index >= 15 is 0 Å². The van der Waals surface area contributed by atoms with Gasteiger partial charge in [0, 0.05) is 12.1 Å². The van der Waals surface area contributed by atoms with Crippen molar-refractivity contribution < 1.29 is 18.7 Å². The van der Waals surface area contributed by atoms with E-state index < -0.39 is 11.7 Å². The summed E-state index contributed by atoms with van der Waals surface area (Å²) in [6.45, 7) is 8.67. The van der Waals surface area contributed by atoms with Crippen molar-refractivity contribution in [1.29, 1.82) is 0 Å². The summed E-state index contributed by atoms with van der Waals surface area (Å²) in [7, 11) is 0. The maximum absolute atomic E-state index is 13.5. The van der Waals surface area contributed by atoms with Gasteiger partial charge < -0.3 is 14.8 Å². The molecule has 0 aromatic heterocycles. The highest BCUT2D eigenvalue weighted by Crippen LogP contribution is 2.50. The van der Waals surface area contributed by atoms with Crippen LogP contribution in [0.3, 0.4) is 0 Å². The van der Waals surface area contributed by atoms with Crippen LogP contribution in [0.25, 0.3) is 0 Å². The number of amides is 1. The summed E-state index contributed by atoms with van der Waals surface area (Å²) < 4.78 is 24.5. The average Bonchev–Trinajstić information content (AvgIpc) is 3.21. The van der Waals surface area contributed by atoms with Crippen LogP contribution in [0.5, 0.6) is 5.75 Å². The van der Waals surface area contributed by atoms with Crippen molar-refractivity contribution in [2.75, 3.05) is 13.2 Å². The van der Waals surface area contributed by atoms with Gasteiger partial charge in [0.05, 0.1) is 6.61 Å². The van der Waals surface area contributed by atoms with E-state index in [1.54, 1.807) is 12.1 Å². The molecule has 1 N–H and O–H groups in total. The van der Waals surface area contributed by atoms with E-state index in [9.17, 15) is 9.18 Å². The molecule has 1 amide bonds. The minimum Gasteiger partial charge on any atom is -0.493 e. The number of alkyl carbamates (subject to hydrolysis) is 1. The number of rotatable bonds is 6. The van der Waals surface area contributed by atoms with Crippen molar-refractivity contribution in [1.82, 2.24) is 5.32 Å². The zero-order valence-electron chi connectivity index (χ0n) is 14.3. The van der Waals surface area contributed by atoms with Crippen molar-refractivity contribution in [3.05, 3.63) is 29.6 Å². The second-order valence-electron chi connectivity index (χ2n) is 7.02. The van der Waals surface area contributed by atoms with Crippen LogP contribution in [0.4, 0.5) is 9.18 Å². The van der Waals surface area contributed by atoms with Crippen LogP contribution < -0.4 is 10.1 Å². The number of ether oxygens (including phenoxy) is 2. The molecule has 0 spiro atoms. The van der Waals surface area contributed by atoms with Gasteiger partial charge in [0.1, 0.15) is 17.2 Å². The first kappa shape index (κ1) is 17.6. The predicted octanol–water partition coefficient (Wildman–Crippen LogP) is 4.24. The number of hydrogen-bond acceptors (Lipinski definition) is 3. The zero-order chi connectivity index (χ0) is 17.0. The summed E-state index contributed by atoms with van der Waals surface area (Å²) in [5.74, 6) is 1.02. The van der Waals surface area contributed by atoms with E-state index in [4.69, 9.17) is 9.47 Å². The minimum atomic E-state index is -0.503. The van der Waals surface area contributed by atoms with Crippen LogP contribution in [0, 0.1) is 11.7 Å². The molecule has 1 aliphatic carbocycles. The number of nitrogens with one attached hydrogen (secondary N) is 1. The molecule has 128 valence electrons. The summed E-state index contributed by atoms with van der Waals surface area (Å²) in [6, 6.07) is 4.66. The highest BCUT2D eigenvalue weighted by molar-refractivity contribution is 5.67. The van der Waals surface area contributed by atoms with Crippen molar-refractivity contribution in [3.63, 3.8) is 0 Å². The maximum atomic E-state index is 13.5. The number of benzene rings is 1. The number of halogens is 1. The van der Waals surface area contributed by atoms with Gasteiger partial charge >= 0.3 is 6.09 Å². The molecule has 0 aliphatic heterocycles. The Labute approximate surface area is 137 Å². The Kier molecular flexibility index (Phi) is 5.50. The van der Waals surface area contributed by atoms with Gasteiger partial charge in [0.2, 0.25) is 0 Å². The van der Waals surface area contributed by atoms with E-state index in [1.807, 2.05) is 27.7 Å². The molecule has 0 saturated heterocycles. The van der Waals surface area contributed by atoms with Crippen LogP contribution in [0.1, 0.15) is 52.0 Å². The molecule has 2 rings (SSSR count). The van der Waals surface area contributed by atoms with Gasteiger partial charge in [0.25, 0.3) is 0 Å². The molecule has 0 heterocycles. The van der Waals surface area contributed by atoms with Crippen molar-refractivity contribution in [2.24, 2.45) is 5.92 Å². The molecular formula is C18H26FNO3. The molecule has 1 aromatic rings. The van der Waals surface area contributed by atoms with Gasteiger partial charge in [-0.2, -0.15) is 0 Å². The average molecular weight is 323 g/mol. The highest BCUT2D eigenvalue weighted by atomic mass is 19.1. The Hall–Kier alpha value is -1.78. The lowest BCUT2D eigenvalue weighted by Crippen LogP contribution is -2.33. The first-order valence-electron chi connectivity index (χ1n) is 8.19. The Balaban J connectivity index is 1.90. The predicted molar refractivity (Wildman–Crippen MR) is 87.3 cm³/mol. The summed E-state index contributed by atoms with van der Waals surface area (Å²) in [4.78, 5) is 11.7. The molecular weight excluding hydrogens is 297 g/mol. The second kappa shape index (κ2) is 7.20. The monoisotopic (exact) mass is 323 g/mol. The number of hydrogen-bond donors (Lipinski definition) is 1. The lowest BCUT2D eigenvalue weighted by molar-refractivity contribution is 0.0525. The van der Waals surface area contributed by atoms with Gasteiger partial charge in [-0.05, 0) is 63.6 Å². The summed E-state index contributed by atoms with van der Waals surface area (Å²) in [6.07, 6.45) is 1.41. The highest BCUT2D eigenvalue weighted by Gasteiger charge is 2.40. The lowest BCUT2D eigenvalue weighted by atomic mass is 10.1. The Morgan fingerprint density at radius 3 is 2.78 bits per heavy atom. The van der Waals surface area contributed by atoms with Gasteiger partial charge in [-0.3, -0.25) is 0 Å². The lowest BCUT2D eigenvalue weighted by Gasteiger charge is -2.19. The van der Waals surface area contributed by atoms with Crippen LogP contribution in [0.15, 0.2) is 18.2 Å². The smallest absolute Gasteiger partial charge is 0.407 e. The largest absolute Gasteiger partial charge is 0.493 e. The van der Waals surface area contributed by atoms with E-state index in [-0.39, 0.29) is 11.7 Å². The molecule has 4 nitrogen and oxygen atoms in total. The second-order valence-corrected chi connectivity index (χ2v) is 7.02. The molecule has 2 atom stereocenters. The summed E-state index contributed by atoms with van der Waals surface area (Å²) in [5, 5.41) is 2.78. The van der Waals surface area contributed by atoms with Crippen molar-refractivity contribution in [2.45, 2.75) is 52.1 Å². The van der Waals surface area contributed by atoms with Gasteiger partial charge in [0.15, 0.2) is 0 Å². The molecule has 1 saturated carbocycles. The van der Waals surface area contributed by atoms with E-state index in [0.717, 1.165) is 24.2 Å². The number of carbonyl (C=O) groups is 1. The van der Waals surface area contributed by atoms with Gasteiger partial charge in [-0.1, -0.05) is 6.92 Å². The van der Waals surface area contributed by atoms with Crippen LogP contribution in [-0.2, 0) is 4.74 Å². The summed E-state index contributed by atoms with van der Waals surface area (Å²) in [5.41, 5.74) is 0.394. The molecule has 1 aliphatic rings. The Morgan fingerprint density at radius 1 is 1.39 bits per heavy atom. The molecule has 1 aromatic carbocycles. The van der Waals surface area contributed by atoms with Crippen LogP contribution in [-0.4, -0.2) is 24.8 Å². The Bertz CT molecular complexity index is 554.